The van der Waals surface area contributed by atoms with Crippen molar-refractivity contribution in [2.45, 2.75) is 25.7 Å². The molecule has 0 amide bonds. The van der Waals surface area contributed by atoms with E-state index in [4.69, 9.17) is 51.6 Å². The van der Waals surface area contributed by atoms with Crippen LogP contribution in [0.2, 0.25) is 10.0 Å². The molecule has 4 aromatic carbocycles. The fourth-order valence-corrected chi connectivity index (χ4v) is 4.99. The molecule has 4 rings (SSSR count). The number of hydrogen-bond donors (Lipinski definition) is 0. The molecule has 0 saturated heterocycles. The predicted molar refractivity (Wildman–Crippen MR) is 205 cm³/mol. The van der Waals surface area contributed by atoms with E-state index in [0.717, 1.165) is 12.2 Å². The molecule has 0 radical (unpaired) electrons. The largest absolute Gasteiger partial charge is 0.494 e. The molecule has 0 aliphatic heterocycles. The number of esters is 4. The zero-order valence-electron chi connectivity index (χ0n) is 29.2. The Bertz CT molecular complexity index is 1920. The Hall–Kier alpha value is -5.91. The molecule has 11 nitrogen and oxygen atoms in total. The molecule has 0 saturated carbocycles. The van der Waals surface area contributed by atoms with Gasteiger partial charge in [-0.1, -0.05) is 36.4 Å². The maximum absolute atomic E-state index is 12.8. The third kappa shape index (κ3) is 13.6. The fourth-order valence-electron chi connectivity index (χ4n) is 4.43. The monoisotopic (exact) mass is 773 g/mol. The number of benzene rings is 4. The summed E-state index contributed by atoms with van der Waals surface area (Å²) in [6, 6.07) is 22.7. The van der Waals surface area contributed by atoms with Crippen LogP contribution in [0.15, 0.2) is 115 Å². The van der Waals surface area contributed by atoms with Gasteiger partial charge < -0.3 is 28.4 Å². The van der Waals surface area contributed by atoms with Crippen LogP contribution >= 0.6 is 23.2 Å². The van der Waals surface area contributed by atoms with E-state index in [-0.39, 0.29) is 28.0 Å². The van der Waals surface area contributed by atoms with Crippen LogP contribution in [-0.2, 0) is 19.1 Å². The summed E-state index contributed by atoms with van der Waals surface area (Å²) in [6.45, 7) is 8.11. The Morgan fingerprint density at radius 1 is 0.574 bits per heavy atom. The van der Waals surface area contributed by atoms with Gasteiger partial charge in [0.25, 0.3) is 0 Å². The third-order valence-electron chi connectivity index (χ3n) is 7.25. The van der Waals surface area contributed by atoms with Gasteiger partial charge in [-0.25, -0.2) is 19.2 Å². The van der Waals surface area contributed by atoms with E-state index in [1.165, 1.54) is 12.1 Å². The minimum atomic E-state index is -0.661. The maximum Gasteiger partial charge on any atom is 0.343 e. The average Bonchev–Trinajstić information content (AvgIpc) is 3.18. The Balaban J connectivity index is 1.22. The normalized spacial score (nSPS) is 10.6. The van der Waals surface area contributed by atoms with E-state index in [2.05, 4.69) is 18.2 Å². The summed E-state index contributed by atoms with van der Waals surface area (Å²) in [5, 5.41) is 0.180. The second-order valence-corrected chi connectivity index (χ2v) is 12.1. The highest BCUT2D eigenvalue weighted by Crippen LogP contribution is 2.37. The molecule has 280 valence electrons. The highest BCUT2D eigenvalue weighted by molar-refractivity contribution is 6.37. The van der Waals surface area contributed by atoms with Crippen LogP contribution in [-0.4, -0.2) is 56.5 Å². The number of unbranched alkanes of at least 4 members (excludes halogenated alkanes) is 2. The number of ether oxygens (including phenoxy) is 6. The molecule has 0 spiro atoms. The first-order valence-corrected chi connectivity index (χ1v) is 17.5. The molecule has 0 aliphatic carbocycles. The molecule has 0 aromatic heterocycles. The minimum absolute atomic E-state index is 0.00574. The fraction of sp³-hybridized carbons (Fsp3) is 0.195. The van der Waals surface area contributed by atoms with Crippen LogP contribution in [0.1, 0.15) is 52.0 Å². The average molecular weight is 775 g/mol. The number of carbonyl (C=O) groups is 4. The van der Waals surface area contributed by atoms with Gasteiger partial charge in [-0.3, -0.25) is 4.99 Å². The maximum atomic E-state index is 12.8. The lowest BCUT2D eigenvalue weighted by Gasteiger charge is -2.10. The van der Waals surface area contributed by atoms with Crippen LogP contribution in [0.5, 0.6) is 23.0 Å². The number of hydrogen-bond acceptors (Lipinski definition) is 11. The number of aliphatic imine (C=N–C) groups is 1. The Kier molecular flexibility index (Phi) is 16.3. The molecule has 0 fully saturated rings. The molecule has 0 unspecified atom stereocenters. The van der Waals surface area contributed by atoms with Crippen LogP contribution in [0, 0.1) is 0 Å². The number of rotatable bonds is 20. The van der Waals surface area contributed by atoms with Crippen molar-refractivity contribution in [3.05, 3.63) is 137 Å². The van der Waals surface area contributed by atoms with Crippen molar-refractivity contribution in [2.75, 3.05) is 26.4 Å². The van der Waals surface area contributed by atoms with Gasteiger partial charge in [0, 0.05) is 18.4 Å². The van der Waals surface area contributed by atoms with Gasteiger partial charge in [-0.2, -0.15) is 0 Å². The van der Waals surface area contributed by atoms with Gasteiger partial charge >= 0.3 is 23.9 Å². The van der Waals surface area contributed by atoms with Gasteiger partial charge in [0.2, 0.25) is 0 Å². The van der Waals surface area contributed by atoms with E-state index >= 15 is 0 Å². The quantitative estimate of drug-likeness (QED) is 0.0281. The van der Waals surface area contributed by atoms with E-state index in [1.807, 2.05) is 0 Å². The highest BCUT2D eigenvalue weighted by atomic mass is 35.5. The van der Waals surface area contributed by atoms with Crippen molar-refractivity contribution in [3.63, 3.8) is 0 Å². The summed E-state index contributed by atoms with van der Waals surface area (Å²) < 4.78 is 32.1. The third-order valence-corrected chi connectivity index (χ3v) is 7.81. The van der Waals surface area contributed by atoms with Gasteiger partial charge in [0.05, 0.1) is 53.3 Å². The van der Waals surface area contributed by atoms with Crippen molar-refractivity contribution >= 4 is 59.0 Å². The summed E-state index contributed by atoms with van der Waals surface area (Å²) >= 11 is 12.8. The van der Waals surface area contributed by atoms with Crippen LogP contribution in [0.4, 0.5) is 5.69 Å². The number of carbonyl (C=O) groups excluding carboxylic acids is 4. The standard InChI is InChI=1S/C41H37Cl2NO10/c1-3-37(45)51-23-7-5-21-49-32-17-11-29(12-18-32)40(47)53-34-15-9-28(10-16-34)27-44-31-25-35(42)39(36(43)26-31)54-41(48)30-13-19-33(20-14-30)50-22-6-8-24-52-38(46)4-2/h3-4,9-20,25-27H,1-2,5-8,21-24H2/b44-27+. The van der Waals surface area contributed by atoms with Crippen LogP contribution in [0.25, 0.3) is 0 Å². The molecule has 0 atom stereocenters. The van der Waals surface area contributed by atoms with Crippen molar-refractivity contribution < 1.29 is 47.6 Å². The minimum Gasteiger partial charge on any atom is -0.494 e. The SMILES string of the molecule is C=CC(=O)OCCCCOc1ccc(C(=O)Oc2ccc(/C=N/c3cc(Cl)c(OC(=O)c4ccc(OCCCCOC(=O)C=C)cc4)c(Cl)c3)cc2)cc1. The van der Waals surface area contributed by atoms with E-state index in [0.29, 0.717) is 79.6 Å². The lowest BCUT2D eigenvalue weighted by Crippen LogP contribution is -2.09. The lowest BCUT2D eigenvalue weighted by molar-refractivity contribution is -0.138. The number of halogens is 2. The molecular weight excluding hydrogens is 737 g/mol. The molecular formula is C41H37Cl2NO10. The molecule has 4 aromatic rings. The summed E-state index contributed by atoms with van der Waals surface area (Å²) in [7, 11) is 0. The predicted octanol–water partition coefficient (Wildman–Crippen LogP) is 8.96. The van der Waals surface area contributed by atoms with Gasteiger partial charge in [-0.05, 0) is 116 Å². The molecule has 54 heavy (non-hydrogen) atoms. The zero-order valence-corrected chi connectivity index (χ0v) is 30.7. The highest BCUT2D eigenvalue weighted by Gasteiger charge is 2.16. The zero-order chi connectivity index (χ0) is 38.7. The first-order valence-electron chi connectivity index (χ1n) is 16.8. The molecule has 13 heteroatoms. The summed E-state index contributed by atoms with van der Waals surface area (Å²) in [6.07, 6.45) is 6.47. The smallest absolute Gasteiger partial charge is 0.343 e. The van der Waals surface area contributed by atoms with Crippen molar-refractivity contribution in [3.8, 4) is 23.0 Å². The van der Waals surface area contributed by atoms with E-state index in [1.54, 1.807) is 79.0 Å². The second-order valence-electron chi connectivity index (χ2n) is 11.2. The topological polar surface area (TPSA) is 136 Å². The van der Waals surface area contributed by atoms with Crippen LogP contribution in [0.3, 0.4) is 0 Å². The summed E-state index contributed by atoms with van der Waals surface area (Å²) in [5.74, 6) is -0.608. The van der Waals surface area contributed by atoms with E-state index < -0.39 is 23.9 Å². The van der Waals surface area contributed by atoms with Gasteiger partial charge in [0.1, 0.15) is 17.2 Å². The van der Waals surface area contributed by atoms with Crippen molar-refractivity contribution in [1.82, 2.24) is 0 Å². The Morgan fingerprint density at radius 3 is 1.46 bits per heavy atom. The summed E-state index contributed by atoms with van der Waals surface area (Å²) in [5.41, 5.74) is 1.74. The van der Waals surface area contributed by atoms with Crippen molar-refractivity contribution in [1.29, 1.82) is 0 Å². The van der Waals surface area contributed by atoms with E-state index in [9.17, 15) is 19.2 Å². The molecule has 0 heterocycles. The van der Waals surface area contributed by atoms with Crippen LogP contribution < -0.4 is 18.9 Å². The van der Waals surface area contributed by atoms with Gasteiger partial charge in [-0.15, -0.1) is 0 Å². The van der Waals surface area contributed by atoms with Crippen molar-refractivity contribution in [2.24, 2.45) is 4.99 Å². The first kappa shape index (κ1) is 40.9. The summed E-state index contributed by atoms with van der Waals surface area (Å²) in [4.78, 5) is 52.0. The second kappa shape index (κ2) is 21.6. The lowest BCUT2D eigenvalue weighted by atomic mass is 10.2. The molecule has 0 bridgehead atoms. The number of nitrogens with zero attached hydrogens (tertiary/aromatic N) is 1. The molecule has 0 N–H and O–H groups in total. The van der Waals surface area contributed by atoms with Gasteiger partial charge in [0.15, 0.2) is 5.75 Å². The Morgan fingerprint density at radius 2 is 1.00 bits per heavy atom. The molecule has 0 aliphatic rings. The Labute approximate surface area is 322 Å². The first-order chi connectivity index (χ1) is 26.1.